The monoisotopic (exact) mass is 481 g/mol. The minimum atomic E-state index is 0.493. The second-order valence-electron chi connectivity index (χ2n) is 15.9. The van der Waals surface area contributed by atoms with E-state index in [1.54, 1.807) is 32.1 Å². The van der Waals surface area contributed by atoms with E-state index in [4.69, 9.17) is 0 Å². The van der Waals surface area contributed by atoms with Crippen molar-refractivity contribution in [3.05, 3.63) is 5.92 Å². The summed E-state index contributed by atoms with van der Waals surface area (Å²) in [6, 6.07) is 0. The van der Waals surface area contributed by atoms with Gasteiger partial charge in [0.05, 0.1) is 0 Å². The van der Waals surface area contributed by atoms with Crippen molar-refractivity contribution in [3.8, 4) is 0 Å². The Morgan fingerprint density at radius 3 is 1.97 bits per heavy atom. The second kappa shape index (κ2) is 9.95. The first-order valence-electron chi connectivity index (χ1n) is 16.5. The molecule has 0 saturated heterocycles. The fraction of sp³-hybridized carbons (Fsp3) is 0.971. The third-order valence-electron chi connectivity index (χ3n) is 13.5. The van der Waals surface area contributed by atoms with Crippen LogP contribution in [0.5, 0.6) is 0 Å². The molecule has 0 heteroatoms. The average Bonchev–Trinajstić information content (AvgIpc) is 3.36. The third-order valence-corrected chi connectivity index (χ3v) is 13.5. The van der Waals surface area contributed by atoms with Crippen LogP contribution in [-0.2, 0) is 0 Å². The van der Waals surface area contributed by atoms with Crippen LogP contribution in [0.2, 0.25) is 0 Å². The molecule has 201 valence electrons. The van der Waals surface area contributed by atoms with Crippen molar-refractivity contribution >= 4 is 0 Å². The lowest BCUT2D eigenvalue weighted by atomic mass is 9.30. The highest BCUT2D eigenvalue weighted by molar-refractivity contribution is 5.27. The van der Waals surface area contributed by atoms with Gasteiger partial charge in [0.15, 0.2) is 0 Å². The molecule has 0 aromatic heterocycles. The van der Waals surface area contributed by atoms with E-state index < -0.39 is 0 Å². The van der Waals surface area contributed by atoms with E-state index in [1.165, 1.54) is 89.9 Å². The lowest BCUT2D eigenvalue weighted by Gasteiger charge is -2.73. The molecule has 0 aromatic rings. The van der Waals surface area contributed by atoms with Crippen molar-refractivity contribution in [1.82, 2.24) is 0 Å². The van der Waals surface area contributed by atoms with Crippen molar-refractivity contribution in [2.45, 2.75) is 164 Å². The Morgan fingerprint density at radius 2 is 1.31 bits per heavy atom. The van der Waals surface area contributed by atoms with E-state index in [-0.39, 0.29) is 0 Å². The Bertz CT molecular complexity index is 706. The zero-order valence-corrected chi connectivity index (χ0v) is 24.8. The molecule has 0 amide bonds. The van der Waals surface area contributed by atoms with Crippen LogP contribution in [0.1, 0.15) is 164 Å². The van der Waals surface area contributed by atoms with Gasteiger partial charge >= 0.3 is 0 Å². The van der Waals surface area contributed by atoms with Crippen molar-refractivity contribution in [2.24, 2.45) is 51.2 Å². The second-order valence-corrected chi connectivity index (χ2v) is 15.9. The quantitative estimate of drug-likeness (QED) is 0.374. The van der Waals surface area contributed by atoms with Gasteiger partial charge in [-0.25, -0.2) is 0 Å². The van der Waals surface area contributed by atoms with Crippen molar-refractivity contribution in [3.63, 3.8) is 0 Å². The normalized spacial score (nSPS) is 45.4. The van der Waals surface area contributed by atoms with Crippen molar-refractivity contribution in [2.75, 3.05) is 0 Å². The molecule has 5 aliphatic carbocycles. The molecule has 1 radical (unpaired) electrons. The summed E-state index contributed by atoms with van der Waals surface area (Å²) in [6.45, 7) is 16.1. The lowest BCUT2D eigenvalue weighted by molar-refractivity contribution is -0.224. The summed E-state index contributed by atoms with van der Waals surface area (Å²) in [5, 5.41) is 0. The van der Waals surface area contributed by atoms with Crippen LogP contribution >= 0.6 is 0 Å². The number of rotatable bonds is 4. The van der Waals surface area contributed by atoms with Gasteiger partial charge in [0.25, 0.3) is 0 Å². The fourth-order valence-corrected chi connectivity index (χ4v) is 12.7. The molecule has 6 atom stereocenters. The first-order chi connectivity index (χ1) is 16.7. The van der Waals surface area contributed by atoms with Gasteiger partial charge in [-0.05, 0) is 115 Å². The minimum Gasteiger partial charge on any atom is -0.0625 e. The molecule has 5 rings (SSSR count). The van der Waals surface area contributed by atoms with Gasteiger partial charge in [0, 0.05) is 0 Å². The molecule has 0 nitrogen and oxygen atoms in total. The molecule has 0 bridgehead atoms. The topological polar surface area (TPSA) is 0 Å². The van der Waals surface area contributed by atoms with E-state index in [9.17, 15) is 0 Å². The SMILES string of the molecule is CC1C[C](C2(C3(C4(C5CCCC5)CCCCC4)CCCCC3C)CCCC(C)C2C)CC(C)(C)C1. The van der Waals surface area contributed by atoms with Crippen LogP contribution in [0.25, 0.3) is 0 Å². The molecule has 5 fully saturated rings. The maximum atomic E-state index is 2.80. The highest BCUT2D eigenvalue weighted by Crippen LogP contribution is 2.78. The van der Waals surface area contributed by atoms with E-state index >= 15 is 0 Å². The molecule has 0 N–H and O–H groups in total. The van der Waals surface area contributed by atoms with Crippen LogP contribution in [0.3, 0.4) is 0 Å². The van der Waals surface area contributed by atoms with Crippen LogP contribution in [-0.4, -0.2) is 0 Å². The predicted molar refractivity (Wildman–Crippen MR) is 152 cm³/mol. The summed E-state index contributed by atoms with van der Waals surface area (Å²) in [4.78, 5) is 0. The number of hydrogen-bond acceptors (Lipinski definition) is 0. The van der Waals surface area contributed by atoms with Gasteiger partial charge < -0.3 is 0 Å². The Labute approximate surface area is 220 Å². The minimum absolute atomic E-state index is 0.493. The maximum Gasteiger partial charge on any atom is -0.0143 e. The van der Waals surface area contributed by atoms with E-state index in [2.05, 4.69) is 47.5 Å². The Hall–Kier alpha value is 0. The lowest BCUT2D eigenvalue weighted by Crippen LogP contribution is -2.67. The molecular weight excluding hydrogens is 420 g/mol. The van der Waals surface area contributed by atoms with Gasteiger partial charge in [-0.3, -0.25) is 0 Å². The molecule has 6 unspecified atom stereocenters. The van der Waals surface area contributed by atoms with Gasteiger partial charge in [0.2, 0.25) is 0 Å². The van der Waals surface area contributed by atoms with E-state index in [1.807, 2.05) is 0 Å². The van der Waals surface area contributed by atoms with E-state index in [0.717, 1.165) is 29.6 Å². The summed E-state index contributed by atoms with van der Waals surface area (Å²) in [7, 11) is 0. The molecule has 0 aliphatic heterocycles. The molecule has 35 heavy (non-hydrogen) atoms. The standard InChI is InChI=1S/C35H61/c1-26-23-31(25-32(5,6)24-26)34(21-14-15-27(2)29(34)4)35(22-13-10-16-28(35)3)33(19-11-7-12-20-33)30-17-8-9-18-30/h26-30H,7-25H2,1-6H3. The third kappa shape index (κ3) is 4.11. The average molecular weight is 482 g/mol. The van der Waals surface area contributed by atoms with Crippen LogP contribution in [0.15, 0.2) is 0 Å². The number of hydrogen-bond donors (Lipinski definition) is 0. The zero-order valence-electron chi connectivity index (χ0n) is 24.8. The predicted octanol–water partition coefficient (Wildman–Crippen LogP) is 11.2. The van der Waals surface area contributed by atoms with Crippen molar-refractivity contribution in [1.29, 1.82) is 0 Å². The summed E-state index contributed by atoms with van der Waals surface area (Å²) in [6.07, 6.45) is 28.9. The zero-order chi connectivity index (χ0) is 24.9. The van der Waals surface area contributed by atoms with Gasteiger partial charge in [-0.1, -0.05) is 106 Å². The summed E-state index contributed by atoms with van der Waals surface area (Å²) in [5.74, 6) is 6.69. The summed E-state index contributed by atoms with van der Waals surface area (Å²) in [5.41, 5.74) is 2.18. The Balaban J connectivity index is 1.74. The molecule has 0 heterocycles. The molecular formula is C35H61. The Morgan fingerprint density at radius 1 is 0.657 bits per heavy atom. The Kier molecular flexibility index (Phi) is 7.56. The smallest absolute Gasteiger partial charge is 0.0143 e. The molecule has 0 spiro atoms. The first-order valence-corrected chi connectivity index (χ1v) is 16.5. The highest BCUT2D eigenvalue weighted by Gasteiger charge is 2.70. The highest BCUT2D eigenvalue weighted by atomic mass is 14.7. The van der Waals surface area contributed by atoms with Crippen LogP contribution in [0, 0.1) is 57.2 Å². The molecule has 5 aliphatic rings. The summed E-state index contributed by atoms with van der Waals surface area (Å²) >= 11 is 0. The van der Waals surface area contributed by atoms with Gasteiger partial charge in [-0.15, -0.1) is 0 Å². The van der Waals surface area contributed by atoms with Gasteiger partial charge in [-0.2, -0.15) is 0 Å². The molecule has 0 aromatic carbocycles. The molecule has 5 saturated carbocycles. The van der Waals surface area contributed by atoms with E-state index in [0.29, 0.717) is 21.7 Å². The van der Waals surface area contributed by atoms with Gasteiger partial charge in [0.1, 0.15) is 0 Å². The van der Waals surface area contributed by atoms with Crippen molar-refractivity contribution < 1.29 is 0 Å². The van der Waals surface area contributed by atoms with Crippen LogP contribution < -0.4 is 0 Å². The largest absolute Gasteiger partial charge is 0.0625 e. The first kappa shape index (κ1) is 26.6. The maximum absolute atomic E-state index is 2.80. The fourth-order valence-electron chi connectivity index (χ4n) is 12.7. The summed E-state index contributed by atoms with van der Waals surface area (Å²) < 4.78 is 0. The van der Waals surface area contributed by atoms with Crippen LogP contribution in [0.4, 0.5) is 0 Å².